The van der Waals surface area contributed by atoms with Gasteiger partial charge in [-0.05, 0) is 0 Å². The van der Waals surface area contributed by atoms with Crippen LogP contribution >= 0.6 is 22.6 Å². The quantitative estimate of drug-likeness (QED) is 0.520. The maximum absolute atomic E-state index is 10.9. The monoisotopic (exact) mass is 304 g/mol. The summed E-state index contributed by atoms with van der Waals surface area (Å²) in [4.78, 5) is 12.4. The molecule has 0 aromatic rings. The molecule has 0 aromatic carbocycles. The number of sulfonamides is 1. The Morgan fingerprint density at radius 3 is 2.42 bits per heavy atom. The van der Waals surface area contributed by atoms with Gasteiger partial charge >= 0.3 is 0 Å². The molecule has 0 unspecified atom stereocenters. The molecule has 1 aliphatic rings. The van der Waals surface area contributed by atoms with Gasteiger partial charge in [0.1, 0.15) is 5.25 Å². The lowest BCUT2D eigenvalue weighted by molar-refractivity contribution is -0.131. The van der Waals surface area contributed by atoms with E-state index >= 15 is 0 Å². The van der Waals surface area contributed by atoms with Gasteiger partial charge in [-0.15, -0.1) is 0 Å². The number of alkyl halides is 1. The molecule has 0 saturated carbocycles. The van der Waals surface area contributed by atoms with Gasteiger partial charge in [-0.1, -0.05) is 22.6 Å². The van der Waals surface area contributed by atoms with E-state index in [0.29, 0.717) is 4.43 Å². The van der Waals surface area contributed by atoms with Crippen molar-refractivity contribution in [2.75, 3.05) is 17.5 Å². The molecule has 12 heavy (non-hydrogen) atoms. The van der Waals surface area contributed by atoms with Gasteiger partial charge in [-0.2, -0.15) is 0 Å². The number of carbonyl (C=O) groups is 1. The number of nitrogens with zero attached hydrogens (tertiary/aromatic N) is 1. The van der Waals surface area contributed by atoms with Crippen molar-refractivity contribution in [1.29, 1.82) is 0 Å². The second kappa shape index (κ2) is 3.46. The van der Waals surface area contributed by atoms with Crippen molar-refractivity contribution in [3.63, 3.8) is 0 Å². The average Bonchev–Trinajstić information content (AvgIpc) is 1.80. The second-order valence-electron chi connectivity index (χ2n) is 2.64. The van der Waals surface area contributed by atoms with E-state index in [1.807, 2.05) is 22.6 Å². The van der Waals surface area contributed by atoms with E-state index in [0.717, 1.165) is 0 Å². The number of hydrogen-bond donors (Lipinski definition) is 1. The molecule has 1 rings (SSSR count). The number of rotatable bonds is 2. The first kappa shape index (κ1) is 10.2. The van der Waals surface area contributed by atoms with Crippen LogP contribution in [-0.2, 0) is 14.8 Å². The number of nitrogens with two attached hydrogens (primary N) is 1. The van der Waals surface area contributed by atoms with Crippen LogP contribution in [0.1, 0.15) is 0 Å². The Morgan fingerprint density at radius 1 is 1.58 bits per heavy atom. The van der Waals surface area contributed by atoms with Crippen LogP contribution in [0.4, 0.5) is 0 Å². The number of halogens is 1. The van der Waals surface area contributed by atoms with Crippen molar-refractivity contribution in [2.45, 2.75) is 5.25 Å². The van der Waals surface area contributed by atoms with Gasteiger partial charge in [0.15, 0.2) is 0 Å². The van der Waals surface area contributed by atoms with Gasteiger partial charge in [-0.25, -0.2) is 13.6 Å². The molecule has 1 heterocycles. The minimum atomic E-state index is -3.44. The Bertz CT molecular complexity index is 283. The molecule has 1 amide bonds. The SMILES string of the molecule is NS(=O)(=O)C1CN(C(=O)CI)C1. The van der Waals surface area contributed by atoms with Gasteiger partial charge < -0.3 is 4.90 Å². The first-order chi connectivity index (χ1) is 5.45. The van der Waals surface area contributed by atoms with Crippen molar-refractivity contribution in [3.05, 3.63) is 0 Å². The smallest absolute Gasteiger partial charge is 0.232 e. The highest BCUT2D eigenvalue weighted by Crippen LogP contribution is 2.14. The Labute approximate surface area is 84.5 Å². The van der Waals surface area contributed by atoms with Crippen LogP contribution in [0.5, 0.6) is 0 Å². The zero-order chi connectivity index (χ0) is 9.35. The lowest BCUT2D eigenvalue weighted by atomic mass is 10.2. The molecule has 0 atom stereocenters. The molecule has 2 N–H and O–H groups in total. The summed E-state index contributed by atoms with van der Waals surface area (Å²) in [5.74, 6) is -0.0319. The Morgan fingerprint density at radius 2 is 2.08 bits per heavy atom. The number of hydrogen-bond acceptors (Lipinski definition) is 3. The largest absolute Gasteiger partial charge is 0.339 e. The lowest BCUT2D eigenvalue weighted by Gasteiger charge is -2.37. The van der Waals surface area contributed by atoms with E-state index < -0.39 is 15.3 Å². The molecule has 5 nitrogen and oxygen atoms in total. The van der Waals surface area contributed by atoms with Crippen molar-refractivity contribution < 1.29 is 13.2 Å². The molecule has 0 spiro atoms. The molecule has 0 aromatic heterocycles. The van der Waals surface area contributed by atoms with E-state index in [2.05, 4.69) is 0 Å². The zero-order valence-electron chi connectivity index (χ0n) is 6.23. The van der Waals surface area contributed by atoms with Crippen LogP contribution in [-0.4, -0.2) is 42.0 Å². The number of likely N-dealkylation sites (tertiary alicyclic amines) is 1. The second-order valence-corrected chi connectivity index (χ2v) is 5.25. The highest BCUT2D eigenvalue weighted by atomic mass is 127. The topological polar surface area (TPSA) is 80.5 Å². The molecule has 7 heteroatoms. The van der Waals surface area contributed by atoms with Crippen molar-refractivity contribution in [2.24, 2.45) is 5.14 Å². The maximum atomic E-state index is 10.9. The third kappa shape index (κ3) is 2.07. The van der Waals surface area contributed by atoms with Crippen LogP contribution in [0.3, 0.4) is 0 Å². The summed E-state index contributed by atoms with van der Waals surface area (Å²) < 4.78 is 21.8. The third-order valence-electron chi connectivity index (χ3n) is 1.78. The molecule has 1 fully saturated rings. The van der Waals surface area contributed by atoms with Crippen molar-refractivity contribution in [1.82, 2.24) is 4.90 Å². The highest BCUT2D eigenvalue weighted by molar-refractivity contribution is 14.1. The van der Waals surface area contributed by atoms with E-state index in [1.165, 1.54) is 4.90 Å². The molecule has 1 aliphatic heterocycles. The average molecular weight is 304 g/mol. The first-order valence-corrected chi connectivity index (χ1v) is 6.44. The summed E-state index contributed by atoms with van der Waals surface area (Å²) in [6.45, 7) is 0.501. The Kier molecular flexibility index (Phi) is 2.94. The van der Waals surface area contributed by atoms with E-state index in [9.17, 15) is 13.2 Å². The standard InChI is InChI=1S/C5H9IN2O3S/c6-1-5(9)8-2-4(3-8)12(7,10)11/h4H,1-3H2,(H2,7,10,11). The summed E-state index contributed by atoms with van der Waals surface area (Å²) in [6.07, 6.45) is 0. The summed E-state index contributed by atoms with van der Waals surface area (Å²) in [5, 5.41) is 4.33. The van der Waals surface area contributed by atoms with Gasteiger partial charge in [0.2, 0.25) is 15.9 Å². The number of amides is 1. The predicted molar refractivity (Wildman–Crippen MR) is 52.4 cm³/mol. The van der Waals surface area contributed by atoms with E-state index in [4.69, 9.17) is 5.14 Å². The normalized spacial score (nSPS) is 19.0. The van der Waals surface area contributed by atoms with Crippen LogP contribution in [0.25, 0.3) is 0 Å². The highest BCUT2D eigenvalue weighted by Gasteiger charge is 2.37. The summed E-state index contributed by atoms with van der Waals surface area (Å²) in [7, 11) is -3.44. The third-order valence-corrected chi connectivity index (χ3v) is 3.66. The minimum Gasteiger partial charge on any atom is -0.339 e. The first-order valence-electron chi connectivity index (χ1n) is 3.30. The van der Waals surface area contributed by atoms with Crippen LogP contribution in [0.2, 0.25) is 0 Å². The molecular formula is C5H9IN2O3S. The molecule has 1 saturated heterocycles. The molecular weight excluding hydrogens is 295 g/mol. The summed E-state index contributed by atoms with van der Waals surface area (Å²) in [5.41, 5.74) is 0. The van der Waals surface area contributed by atoms with Crippen LogP contribution in [0.15, 0.2) is 0 Å². The van der Waals surface area contributed by atoms with Gasteiger partial charge in [0.25, 0.3) is 0 Å². The van der Waals surface area contributed by atoms with Crippen molar-refractivity contribution >= 4 is 38.5 Å². The van der Waals surface area contributed by atoms with Gasteiger partial charge in [0.05, 0.1) is 4.43 Å². The number of primary sulfonamides is 1. The fourth-order valence-electron chi connectivity index (χ4n) is 0.934. The fourth-order valence-corrected chi connectivity index (χ4v) is 2.19. The van der Waals surface area contributed by atoms with E-state index in [-0.39, 0.29) is 19.0 Å². The Hall–Kier alpha value is 0.110. The summed E-state index contributed by atoms with van der Waals surface area (Å²) >= 11 is 1.94. The van der Waals surface area contributed by atoms with Gasteiger partial charge in [-0.3, -0.25) is 4.79 Å². The molecule has 0 aliphatic carbocycles. The van der Waals surface area contributed by atoms with Crippen LogP contribution < -0.4 is 5.14 Å². The number of carbonyl (C=O) groups excluding carboxylic acids is 1. The molecule has 0 radical (unpaired) electrons. The maximum Gasteiger partial charge on any atom is 0.232 e. The van der Waals surface area contributed by atoms with Crippen LogP contribution in [0, 0.1) is 0 Å². The lowest BCUT2D eigenvalue weighted by Crippen LogP contribution is -2.58. The van der Waals surface area contributed by atoms with Crippen molar-refractivity contribution in [3.8, 4) is 0 Å². The Balaban J connectivity index is 2.44. The van der Waals surface area contributed by atoms with E-state index in [1.54, 1.807) is 0 Å². The molecule has 0 bridgehead atoms. The van der Waals surface area contributed by atoms with Gasteiger partial charge in [0, 0.05) is 13.1 Å². The zero-order valence-corrected chi connectivity index (χ0v) is 9.21. The summed E-state index contributed by atoms with van der Waals surface area (Å²) in [6, 6.07) is 0. The minimum absolute atomic E-state index is 0.0319. The molecule has 70 valence electrons. The predicted octanol–water partition coefficient (Wildman–Crippen LogP) is -1.08. The fraction of sp³-hybridized carbons (Fsp3) is 0.800.